The molecule has 3 rings (SSSR count). The van der Waals surface area contributed by atoms with Gasteiger partial charge in [-0.3, -0.25) is 9.59 Å². The third kappa shape index (κ3) is 11.4. The molecule has 2 aromatic rings. The number of alkyl halides is 2. The van der Waals surface area contributed by atoms with Crippen LogP contribution in [0.15, 0.2) is 78.9 Å². The van der Waals surface area contributed by atoms with E-state index in [-0.39, 0.29) is 31.9 Å². The maximum absolute atomic E-state index is 14.4. The number of halogens is 2. The van der Waals surface area contributed by atoms with Crippen molar-refractivity contribution >= 4 is 11.9 Å². The number of ether oxygens (including phenoxy) is 2. The molecule has 0 unspecified atom stereocenters. The number of amides is 1. The van der Waals surface area contributed by atoms with E-state index >= 15 is 0 Å². The van der Waals surface area contributed by atoms with Crippen molar-refractivity contribution in [2.24, 2.45) is 11.8 Å². The Labute approximate surface area is 239 Å². The molecule has 1 amide bonds. The molecule has 1 fully saturated rings. The van der Waals surface area contributed by atoms with Crippen LogP contribution in [0.4, 0.5) is 8.78 Å². The van der Waals surface area contributed by atoms with Gasteiger partial charge in [0, 0.05) is 18.8 Å². The third-order valence-electron chi connectivity index (χ3n) is 6.91. The highest BCUT2D eigenvalue weighted by molar-refractivity contribution is 5.81. The van der Waals surface area contributed by atoms with Crippen LogP contribution in [0.2, 0.25) is 0 Å². The zero-order chi connectivity index (χ0) is 29.7. The molecule has 0 spiro atoms. The van der Waals surface area contributed by atoms with Gasteiger partial charge in [0.1, 0.15) is 18.9 Å². The van der Waals surface area contributed by atoms with Crippen LogP contribution in [0, 0.1) is 18.8 Å². The summed E-state index contributed by atoms with van der Waals surface area (Å²) in [6.45, 7) is 1.07. The van der Waals surface area contributed by atoms with E-state index in [1.807, 2.05) is 43.3 Å². The maximum atomic E-state index is 14.4. The Bertz CT molecular complexity index is 1170. The van der Waals surface area contributed by atoms with E-state index < -0.39 is 42.5 Å². The van der Waals surface area contributed by atoms with Crippen molar-refractivity contribution in [1.29, 1.82) is 0 Å². The SMILES string of the molecule is Cc1cccc(COC(=O)CNC(=O)CCC/C=C\C[C@@H]2[C@@H](/C=C/C(F)(F)COc3ccccc3)[C@H](O)C[C@@H]2O)c1. The zero-order valence-corrected chi connectivity index (χ0v) is 23.3. The molecule has 9 heteroatoms. The van der Waals surface area contributed by atoms with Crippen molar-refractivity contribution in [3.05, 3.63) is 90.0 Å². The number of nitrogens with one attached hydrogen (secondary N) is 1. The lowest BCUT2D eigenvalue weighted by molar-refractivity contribution is -0.145. The van der Waals surface area contributed by atoms with Gasteiger partial charge in [-0.05, 0) is 55.9 Å². The van der Waals surface area contributed by atoms with Gasteiger partial charge in [0.15, 0.2) is 6.61 Å². The average Bonchev–Trinajstić information content (AvgIpc) is 3.22. The fraction of sp³-hybridized carbons (Fsp3) is 0.438. The van der Waals surface area contributed by atoms with Crippen molar-refractivity contribution in [3.8, 4) is 5.75 Å². The fourth-order valence-corrected chi connectivity index (χ4v) is 4.73. The number of aryl methyl sites for hydroxylation is 1. The highest BCUT2D eigenvalue weighted by atomic mass is 19.3. The number of aliphatic hydroxyl groups excluding tert-OH is 2. The fourth-order valence-electron chi connectivity index (χ4n) is 4.73. The number of carbonyl (C=O) groups is 2. The lowest BCUT2D eigenvalue weighted by Crippen LogP contribution is -2.30. The summed E-state index contributed by atoms with van der Waals surface area (Å²) in [5.74, 6) is -4.69. The van der Waals surface area contributed by atoms with Crippen LogP contribution < -0.4 is 10.1 Å². The van der Waals surface area contributed by atoms with Crippen LogP contribution in [-0.4, -0.2) is 53.4 Å². The summed E-state index contributed by atoms with van der Waals surface area (Å²) in [7, 11) is 0. The van der Waals surface area contributed by atoms with Crippen molar-refractivity contribution in [2.75, 3.05) is 13.2 Å². The number of hydrogen-bond donors (Lipinski definition) is 3. The molecule has 0 aliphatic heterocycles. The summed E-state index contributed by atoms with van der Waals surface area (Å²) in [5, 5.41) is 23.3. The molecule has 0 saturated heterocycles. The number of unbranched alkanes of at least 4 members (excludes halogenated alkanes) is 1. The van der Waals surface area contributed by atoms with Crippen LogP contribution >= 0.6 is 0 Å². The van der Waals surface area contributed by atoms with Crippen molar-refractivity contribution in [3.63, 3.8) is 0 Å². The summed E-state index contributed by atoms with van der Waals surface area (Å²) in [5.41, 5.74) is 1.95. The number of rotatable bonds is 15. The summed E-state index contributed by atoms with van der Waals surface area (Å²) in [6, 6.07) is 16.0. The van der Waals surface area contributed by atoms with Gasteiger partial charge in [-0.1, -0.05) is 66.3 Å². The molecule has 0 radical (unpaired) electrons. The van der Waals surface area contributed by atoms with Crippen LogP contribution in [0.3, 0.4) is 0 Å². The Morgan fingerprint density at radius 1 is 1.07 bits per heavy atom. The number of hydrogen-bond acceptors (Lipinski definition) is 6. The third-order valence-corrected chi connectivity index (χ3v) is 6.91. The van der Waals surface area contributed by atoms with E-state index in [9.17, 15) is 28.6 Å². The molecule has 2 aromatic carbocycles. The van der Waals surface area contributed by atoms with Crippen LogP contribution in [0.1, 0.15) is 43.2 Å². The van der Waals surface area contributed by atoms with Gasteiger partial charge in [0.2, 0.25) is 5.91 Å². The Kier molecular flexibility index (Phi) is 12.5. The van der Waals surface area contributed by atoms with Crippen LogP contribution in [0.5, 0.6) is 5.75 Å². The van der Waals surface area contributed by atoms with Gasteiger partial charge in [-0.25, -0.2) is 0 Å². The number of para-hydroxylation sites is 1. The topological polar surface area (TPSA) is 105 Å². The minimum absolute atomic E-state index is 0.118. The Morgan fingerprint density at radius 3 is 2.61 bits per heavy atom. The number of aliphatic hydroxyl groups is 2. The predicted octanol–water partition coefficient (Wildman–Crippen LogP) is 4.90. The standard InChI is InChI=1S/C32H39F2NO6/c1-23-10-9-11-24(18-23)21-40-31(39)20-35-30(38)15-8-3-2-7-14-26-27(29(37)19-28(26)36)16-17-32(33,34)22-41-25-12-5-4-6-13-25/h2,4-7,9-13,16-18,26-29,36-37H,3,8,14-15,19-22H2,1H3,(H,35,38)/b7-2-,17-16+/t26-,27-,28+,29-/m1/s1. The molecular formula is C32H39F2NO6. The quantitative estimate of drug-likeness (QED) is 0.160. The molecule has 0 aromatic heterocycles. The molecule has 4 atom stereocenters. The largest absolute Gasteiger partial charge is 0.487 e. The second kappa shape index (κ2) is 16.0. The maximum Gasteiger partial charge on any atom is 0.325 e. The molecular weight excluding hydrogens is 532 g/mol. The van der Waals surface area contributed by atoms with Crippen LogP contribution in [-0.2, 0) is 20.9 Å². The van der Waals surface area contributed by atoms with E-state index in [1.165, 1.54) is 6.08 Å². The number of allylic oxidation sites excluding steroid dienone is 2. The van der Waals surface area contributed by atoms with Crippen molar-refractivity contribution < 1.29 is 38.1 Å². The Hall–Kier alpha value is -3.56. The van der Waals surface area contributed by atoms with Crippen molar-refractivity contribution in [2.45, 2.75) is 63.8 Å². The highest BCUT2D eigenvalue weighted by Gasteiger charge is 2.40. The molecule has 1 aliphatic carbocycles. The van der Waals surface area contributed by atoms with E-state index in [0.717, 1.165) is 17.2 Å². The van der Waals surface area contributed by atoms with E-state index in [2.05, 4.69) is 5.32 Å². The molecule has 0 heterocycles. The van der Waals surface area contributed by atoms with Crippen LogP contribution in [0.25, 0.3) is 0 Å². The zero-order valence-electron chi connectivity index (χ0n) is 23.3. The first kappa shape index (κ1) is 32.0. The minimum Gasteiger partial charge on any atom is -0.487 e. The first-order chi connectivity index (χ1) is 19.6. The Balaban J connectivity index is 1.34. The lowest BCUT2D eigenvalue weighted by atomic mass is 9.89. The molecule has 1 aliphatic rings. The minimum atomic E-state index is -3.23. The first-order valence-corrected chi connectivity index (χ1v) is 13.9. The summed E-state index contributed by atoms with van der Waals surface area (Å²) < 4.78 is 39.1. The molecule has 7 nitrogen and oxygen atoms in total. The summed E-state index contributed by atoms with van der Waals surface area (Å²) in [4.78, 5) is 23.9. The lowest BCUT2D eigenvalue weighted by Gasteiger charge is -2.20. The summed E-state index contributed by atoms with van der Waals surface area (Å²) in [6.07, 6.45) is 5.89. The number of esters is 1. The second-order valence-electron chi connectivity index (χ2n) is 10.4. The first-order valence-electron chi connectivity index (χ1n) is 13.9. The molecule has 41 heavy (non-hydrogen) atoms. The predicted molar refractivity (Wildman–Crippen MR) is 151 cm³/mol. The molecule has 0 bridgehead atoms. The van der Waals surface area contributed by atoms with Gasteiger partial charge >= 0.3 is 5.97 Å². The van der Waals surface area contributed by atoms with E-state index in [4.69, 9.17) is 9.47 Å². The number of carbonyl (C=O) groups excluding carboxylic acids is 2. The Morgan fingerprint density at radius 2 is 1.85 bits per heavy atom. The monoisotopic (exact) mass is 571 g/mol. The van der Waals surface area contributed by atoms with E-state index in [1.54, 1.807) is 30.3 Å². The van der Waals surface area contributed by atoms with Gasteiger partial charge in [-0.2, -0.15) is 8.78 Å². The van der Waals surface area contributed by atoms with Gasteiger partial charge < -0.3 is 25.0 Å². The normalized spacial score (nSPS) is 20.9. The van der Waals surface area contributed by atoms with Gasteiger partial charge in [0.25, 0.3) is 5.92 Å². The number of benzene rings is 2. The highest BCUT2D eigenvalue weighted by Crippen LogP contribution is 2.37. The van der Waals surface area contributed by atoms with Gasteiger partial charge in [0.05, 0.1) is 12.2 Å². The van der Waals surface area contributed by atoms with E-state index in [0.29, 0.717) is 25.0 Å². The van der Waals surface area contributed by atoms with Gasteiger partial charge in [-0.15, -0.1) is 0 Å². The molecule has 1 saturated carbocycles. The second-order valence-corrected chi connectivity index (χ2v) is 10.4. The molecule has 222 valence electrons. The summed E-state index contributed by atoms with van der Waals surface area (Å²) >= 11 is 0. The average molecular weight is 572 g/mol. The smallest absolute Gasteiger partial charge is 0.325 e. The molecule has 3 N–H and O–H groups in total. The van der Waals surface area contributed by atoms with Crippen molar-refractivity contribution in [1.82, 2.24) is 5.32 Å².